The molecule has 0 unspecified atom stereocenters. The molecule has 124 valence electrons. The van der Waals surface area contributed by atoms with Crippen molar-refractivity contribution in [2.75, 3.05) is 27.4 Å². The van der Waals surface area contributed by atoms with E-state index in [9.17, 15) is 14.7 Å². The molecular weight excluding hydrogens is 342 g/mol. The Hall–Kier alpha value is -1.70. The van der Waals surface area contributed by atoms with Gasteiger partial charge in [-0.2, -0.15) is 0 Å². The number of rotatable bonds is 6. The molecule has 8 heteroatoms. The first-order chi connectivity index (χ1) is 11.0. The van der Waals surface area contributed by atoms with E-state index in [0.717, 1.165) is 11.8 Å². The second kappa shape index (κ2) is 7.72. The van der Waals surface area contributed by atoms with E-state index in [0.29, 0.717) is 30.0 Å². The van der Waals surface area contributed by atoms with E-state index in [4.69, 9.17) is 21.1 Å². The van der Waals surface area contributed by atoms with Crippen molar-refractivity contribution in [1.29, 1.82) is 0 Å². The van der Waals surface area contributed by atoms with Crippen molar-refractivity contribution in [2.24, 2.45) is 0 Å². The van der Waals surface area contributed by atoms with E-state index in [2.05, 4.69) is 0 Å². The van der Waals surface area contributed by atoms with Crippen LogP contribution in [-0.2, 0) is 9.53 Å². The van der Waals surface area contributed by atoms with Gasteiger partial charge in [-0.1, -0.05) is 11.6 Å². The van der Waals surface area contributed by atoms with Crippen molar-refractivity contribution < 1.29 is 24.2 Å². The summed E-state index contributed by atoms with van der Waals surface area (Å²) in [5.74, 6) is -0.318. The number of carbonyl (C=O) groups is 2. The first kappa shape index (κ1) is 17.7. The van der Waals surface area contributed by atoms with Crippen LogP contribution in [0.5, 0.6) is 11.5 Å². The molecule has 1 saturated heterocycles. The fraction of sp³-hybridized carbons (Fsp3) is 0.333. The minimum absolute atomic E-state index is 0.106. The number of phenols is 1. The molecule has 1 aliphatic rings. The lowest BCUT2D eigenvalue weighted by Crippen LogP contribution is -2.29. The Balaban J connectivity index is 2.22. The van der Waals surface area contributed by atoms with E-state index >= 15 is 0 Å². The Morgan fingerprint density at radius 3 is 2.74 bits per heavy atom. The summed E-state index contributed by atoms with van der Waals surface area (Å²) in [5.41, 5.74) is 0.562. The second-order valence-corrected chi connectivity index (χ2v) is 6.13. The van der Waals surface area contributed by atoms with E-state index in [1.807, 2.05) is 0 Å². The molecule has 0 bridgehead atoms. The Morgan fingerprint density at radius 2 is 2.09 bits per heavy atom. The van der Waals surface area contributed by atoms with E-state index in [1.54, 1.807) is 19.3 Å². The van der Waals surface area contributed by atoms with Crippen LogP contribution in [-0.4, -0.2) is 48.5 Å². The van der Waals surface area contributed by atoms with E-state index < -0.39 is 0 Å². The number of thioether (sulfide) groups is 1. The number of carbonyl (C=O) groups excluding carboxylic acids is 2. The van der Waals surface area contributed by atoms with Crippen LogP contribution in [0.3, 0.4) is 0 Å². The highest BCUT2D eigenvalue weighted by Gasteiger charge is 2.34. The molecule has 1 aliphatic heterocycles. The first-order valence-corrected chi connectivity index (χ1v) is 7.98. The van der Waals surface area contributed by atoms with Gasteiger partial charge in [0.15, 0.2) is 11.5 Å². The number of phenolic OH excluding ortho intramolecular Hbond substituents is 1. The van der Waals surface area contributed by atoms with Crippen LogP contribution in [0, 0.1) is 0 Å². The molecular formula is C15H16ClNO5S. The van der Waals surface area contributed by atoms with E-state index in [1.165, 1.54) is 18.1 Å². The first-order valence-electron chi connectivity index (χ1n) is 6.78. The summed E-state index contributed by atoms with van der Waals surface area (Å²) in [4.78, 5) is 25.7. The fourth-order valence-electron chi connectivity index (χ4n) is 2.04. The topological polar surface area (TPSA) is 76.1 Å². The Morgan fingerprint density at radius 1 is 1.35 bits per heavy atom. The van der Waals surface area contributed by atoms with Crippen molar-refractivity contribution >= 4 is 40.6 Å². The lowest BCUT2D eigenvalue weighted by atomic mass is 10.2. The Kier molecular flexibility index (Phi) is 5.92. The molecule has 0 saturated carbocycles. The van der Waals surface area contributed by atoms with Crippen LogP contribution < -0.4 is 4.74 Å². The molecule has 2 rings (SSSR count). The van der Waals surface area contributed by atoms with Crippen molar-refractivity contribution in [3.8, 4) is 11.5 Å². The highest BCUT2D eigenvalue weighted by molar-refractivity contribution is 8.18. The molecule has 1 N–H and O–H groups in total. The molecule has 1 aromatic rings. The number of imide groups is 1. The molecule has 6 nitrogen and oxygen atoms in total. The smallest absolute Gasteiger partial charge is 0.293 e. The van der Waals surface area contributed by atoms with Crippen molar-refractivity contribution in [2.45, 2.75) is 6.42 Å². The highest BCUT2D eigenvalue weighted by Crippen LogP contribution is 2.37. The summed E-state index contributed by atoms with van der Waals surface area (Å²) >= 11 is 6.79. The van der Waals surface area contributed by atoms with Crippen LogP contribution in [0.4, 0.5) is 4.79 Å². The molecule has 0 radical (unpaired) electrons. The number of ether oxygens (including phenoxy) is 2. The zero-order valence-corrected chi connectivity index (χ0v) is 14.2. The number of hydrogen-bond donors (Lipinski definition) is 1. The summed E-state index contributed by atoms with van der Waals surface area (Å²) in [6.45, 7) is 0.793. The summed E-state index contributed by atoms with van der Waals surface area (Å²) in [7, 11) is 2.97. The molecule has 0 aliphatic carbocycles. The van der Waals surface area contributed by atoms with Crippen LogP contribution in [0.1, 0.15) is 12.0 Å². The van der Waals surface area contributed by atoms with Gasteiger partial charge in [-0.15, -0.1) is 0 Å². The summed E-state index contributed by atoms with van der Waals surface area (Å²) in [6.07, 6.45) is 2.13. The van der Waals surface area contributed by atoms with Gasteiger partial charge in [0.1, 0.15) is 0 Å². The van der Waals surface area contributed by atoms with E-state index in [-0.39, 0.29) is 27.7 Å². The largest absolute Gasteiger partial charge is 0.503 e. The molecule has 0 aromatic heterocycles. The van der Waals surface area contributed by atoms with Gasteiger partial charge in [0.05, 0.1) is 17.0 Å². The Bertz CT molecular complexity index is 662. The highest BCUT2D eigenvalue weighted by atomic mass is 35.5. The van der Waals surface area contributed by atoms with Crippen molar-refractivity contribution in [1.82, 2.24) is 4.90 Å². The third-order valence-electron chi connectivity index (χ3n) is 3.17. The van der Waals surface area contributed by atoms with Gasteiger partial charge in [0.2, 0.25) is 0 Å². The maximum absolute atomic E-state index is 12.3. The van der Waals surface area contributed by atoms with Crippen LogP contribution in [0.25, 0.3) is 6.08 Å². The van der Waals surface area contributed by atoms with Gasteiger partial charge in [0.25, 0.3) is 11.1 Å². The minimum Gasteiger partial charge on any atom is -0.503 e. The summed E-state index contributed by atoms with van der Waals surface area (Å²) in [6, 6.07) is 3.04. The van der Waals surface area contributed by atoms with Gasteiger partial charge < -0.3 is 14.6 Å². The average molecular weight is 358 g/mol. The minimum atomic E-state index is -0.348. The lowest BCUT2D eigenvalue weighted by Gasteiger charge is -2.11. The zero-order chi connectivity index (χ0) is 17.0. The monoisotopic (exact) mass is 357 g/mol. The molecule has 0 spiro atoms. The van der Waals surface area contributed by atoms with Gasteiger partial charge in [0, 0.05) is 20.3 Å². The maximum atomic E-state index is 12.3. The number of nitrogens with zero attached hydrogens (tertiary/aromatic N) is 1. The van der Waals surface area contributed by atoms with Gasteiger partial charge >= 0.3 is 0 Å². The molecule has 23 heavy (non-hydrogen) atoms. The van der Waals surface area contributed by atoms with Gasteiger partial charge in [-0.3, -0.25) is 14.5 Å². The maximum Gasteiger partial charge on any atom is 0.293 e. The van der Waals surface area contributed by atoms with Crippen LogP contribution >= 0.6 is 23.4 Å². The number of halogens is 1. The summed E-state index contributed by atoms with van der Waals surface area (Å²) < 4.78 is 9.94. The van der Waals surface area contributed by atoms with Crippen molar-refractivity contribution in [3.63, 3.8) is 0 Å². The number of methoxy groups -OCH3 is 2. The van der Waals surface area contributed by atoms with Gasteiger partial charge in [-0.25, -0.2) is 0 Å². The predicted octanol–water partition coefficient (Wildman–Crippen LogP) is 3.13. The molecule has 1 aromatic carbocycles. The van der Waals surface area contributed by atoms with Gasteiger partial charge in [-0.05, 0) is 42.0 Å². The van der Waals surface area contributed by atoms with Crippen molar-refractivity contribution in [3.05, 3.63) is 27.6 Å². The molecule has 0 atom stereocenters. The normalized spacial score (nSPS) is 16.5. The lowest BCUT2D eigenvalue weighted by molar-refractivity contribution is -0.122. The van der Waals surface area contributed by atoms with Crippen LogP contribution in [0.15, 0.2) is 17.0 Å². The SMILES string of the molecule is COCCCN1C(=O)S/C(=C/c2cc(Cl)c(O)c(OC)c2)C1=O. The quantitative estimate of drug-likeness (QED) is 0.622. The summed E-state index contributed by atoms with van der Waals surface area (Å²) in [5, 5.41) is 9.51. The fourth-order valence-corrected chi connectivity index (χ4v) is 3.13. The zero-order valence-electron chi connectivity index (χ0n) is 12.7. The Labute approximate surface area is 143 Å². The molecule has 1 heterocycles. The third kappa shape index (κ3) is 3.99. The molecule has 2 amide bonds. The third-order valence-corrected chi connectivity index (χ3v) is 4.37. The number of benzene rings is 1. The number of hydrogen-bond acceptors (Lipinski definition) is 6. The number of aromatic hydroxyl groups is 1. The van der Waals surface area contributed by atoms with Crippen LogP contribution in [0.2, 0.25) is 5.02 Å². The predicted molar refractivity (Wildman–Crippen MR) is 88.8 cm³/mol. The average Bonchev–Trinajstić information content (AvgIpc) is 2.78. The second-order valence-electron chi connectivity index (χ2n) is 4.73. The molecule has 1 fully saturated rings. The standard InChI is InChI=1S/C15H16ClNO5S/c1-21-5-3-4-17-14(19)12(23-15(17)20)8-9-6-10(16)13(18)11(7-9)22-2/h6-8,18H,3-5H2,1-2H3/b12-8+. The number of amides is 2.